The second-order valence-electron chi connectivity index (χ2n) is 6.70. The number of anilines is 1. The summed E-state index contributed by atoms with van der Waals surface area (Å²) in [6, 6.07) is 12.9. The molecule has 2 aliphatic heterocycles. The Balaban J connectivity index is 1.63. The first kappa shape index (κ1) is 17.8. The van der Waals surface area contributed by atoms with E-state index in [2.05, 4.69) is 10.2 Å². The predicted octanol–water partition coefficient (Wildman–Crippen LogP) is 2.48. The van der Waals surface area contributed by atoms with Crippen LogP contribution < -0.4 is 10.1 Å². The SMILES string of the molecule is COc1ccc([C@@H]2Nc3ccccc3C(=O)N2O)cc1CN1CCOCC1. The summed E-state index contributed by atoms with van der Waals surface area (Å²) in [5.41, 5.74) is 2.98. The van der Waals surface area contributed by atoms with Crippen molar-refractivity contribution >= 4 is 11.6 Å². The largest absolute Gasteiger partial charge is 0.496 e. The number of nitrogens with one attached hydrogen (secondary N) is 1. The van der Waals surface area contributed by atoms with E-state index in [4.69, 9.17) is 9.47 Å². The van der Waals surface area contributed by atoms with E-state index in [-0.39, 0.29) is 0 Å². The first-order valence-electron chi connectivity index (χ1n) is 9.02. The maximum absolute atomic E-state index is 12.5. The molecule has 0 unspecified atom stereocenters. The first-order valence-corrected chi connectivity index (χ1v) is 9.02. The molecular formula is C20H23N3O4. The molecule has 0 spiro atoms. The van der Waals surface area contributed by atoms with Crippen LogP contribution in [-0.2, 0) is 11.3 Å². The minimum atomic E-state index is -0.651. The zero-order valence-electron chi connectivity index (χ0n) is 15.2. The number of hydroxylamine groups is 2. The molecule has 2 aliphatic rings. The highest BCUT2D eigenvalue weighted by atomic mass is 16.5. The van der Waals surface area contributed by atoms with E-state index >= 15 is 0 Å². The van der Waals surface area contributed by atoms with Gasteiger partial charge in [-0.05, 0) is 29.8 Å². The number of hydrogen-bond donors (Lipinski definition) is 2. The maximum Gasteiger partial charge on any atom is 0.281 e. The van der Waals surface area contributed by atoms with Crippen molar-refractivity contribution in [3.8, 4) is 5.75 Å². The van der Waals surface area contributed by atoms with Crippen molar-refractivity contribution in [1.29, 1.82) is 0 Å². The average Bonchev–Trinajstić information content (AvgIpc) is 2.71. The highest BCUT2D eigenvalue weighted by Crippen LogP contribution is 2.33. The molecule has 2 N–H and O–H groups in total. The third kappa shape index (κ3) is 3.49. The molecule has 142 valence electrons. The summed E-state index contributed by atoms with van der Waals surface area (Å²) < 4.78 is 10.9. The highest BCUT2D eigenvalue weighted by Gasteiger charge is 2.32. The van der Waals surface area contributed by atoms with Gasteiger partial charge in [-0.15, -0.1) is 0 Å². The van der Waals surface area contributed by atoms with Gasteiger partial charge in [0, 0.05) is 30.9 Å². The van der Waals surface area contributed by atoms with Crippen LogP contribution in [0.15, 0.2) is 42.5 Å². The third-order valence-corrected chi connectivity index (χ3v) is 5.02. The molecule has 27 heavy (non-hydrogen) atoms. The Bertz CT molecular complexity index is 836. The fourth-order valence-corrected chi connectivity index (χ4v) is 3.56. The van der Waals surface area contributed by atoms with E-state index in [1.807, 2.05) is 30.3 Å². The number of carbonyl (C=O) groups is 1. The van der Waals surface area contributed by atoms with Crippen LogP contribution in [0, 0.1) is 0 Å². The monoisotopic (exact) mass is 369 g/mol. The van der Waals surface area contributed by atoms with Crippen molar-refractivity contribution < 1.29 is 19.5 Å². The second kappa shape index (κ2) is 7.56. The standard InChI is InChI=1S/C20H23N3O4/c1-26-18-7-6-14(12-15(18)13-22-8-10-27-11-9-22)19-21-17-5-3-2-4-16(17)20(24)23(19)25/h2-7,12,19,21,25H,8-11,13H2,1H3/t19-/m1/s1. The zero-order chi connectivity index (χ0) is 18.8. The molecular weight excluding hydrogens is 346 g/mol. The number of morpholine rings is 1. The summed E-state index contributed by atoms with van der Waals surface area (Å²) >= 11 is 0. The van der Waals surface area contributed by atoms with Crippen molar-refractivity contribution in [2.45, 2.75) is 12.7 Å². The van der Waals surface area contributed by atoms with Gasteiger partial charge in [-0.3, -0.25) is 14.9 Å². The third-order valence-electron chi connectivity index (χ3n) is 5.02. The van der Waals surface area contributed by atoms with Gasteiger partial charge in [-0.25, -0.2) is 0 Å². The molecule has 0 aliphatic carbocycles. The molecule has 1 atom stereocenters. The Labute approximate surface area is 158 Å². The van der Waals surface area contributed by atoms with Crippen LogP contribution in [0.5, 0.6) is 5.75 Å². The van der Waals surface area contributed by atoms with Crippen LogP contribution in [0.25, 0.3) is 0 Å². The molecule has 1 saturated heterocycles. The molecule has 4 rings (SSSR count). The van der Waals surface area contributed by atoms with Gasteiger partial charge in [-0.1, -0.05) is 18.2 Å². The van der Waals surface area contributed by atoms with Gasteiger partial charge >= 0.3 is 0 Å². The lowest BCUT2D eigenvalue weighted by molar-refractivity contribution is -0.0851. The number of amides is 1. The van der Waals surface area contributed by atoms with Crippen molar-refractivity contribution in [2.24, 2.45) is 0 Å². The molecule has 0 saturated carbocycles. The number of ether oxygens (including phenoxy) is 2. The smallest absolute Gasteiger partial charge is 0.281 e. The Hall–Kier alpha value is -2.61. The number of methoxy groups -OCH3 is 1. The van der Waals surface area contributed by atoms with Crippen molar-refractivity contribution in [3.05, 3.63) is 59.2 Å². The lowest BCUT2D eigenvalue weighted by Crippen LogP contribution is -2.40. The van der Waals surface area contributed by atoms with E-state index in [0.29, 0.717) is 11.3 Å². The summed E-state index contributed by atoms with van der Waals surface area (Å²) in [6.45, 7) is 3.91. The van der Waals surface area contributed by atoms with Crippen LogP contribution in [-0.4, -0.2) is 54.5 Å². The normalized spacial score (nSPS) is 20.1. The van der Waals surface area contributed by atoms with E-state index in [1.165, 1.54) is 0 Å². The van der Waals surface area contributed by atoms with Gasteiger partial charge in [0.1, 0.15) is 5.75 Å². The van der Waals surface area contributed by atoms with Gasteiger partial charge in [0.15, 0.2) is 6.17 Å². The molecule has 2 heterocycles. The van der Waals surface area contributed by atoms with Crippen molar-refractivity contribution in [3.63, 3.8) is 0 Å². The molecule has 0 bridgehead atoms. The maximum atomic E-state index is 12.5. The summed E-state index contributed by atoms with van der Waals surface area (Å²) in [7, 11) is 1.65. The lowest BCUT2D eigenvalue weighted by atomic mass is 10.0. The van der Waals surface area contributed by atoms with Crippen molar-refractivity contribution in [1.82, 2.24) is 9.96 Å². The average molecular weight is 369 g/mol. The van der Waals surface area contributed by atoms with E-state index < -0.39 is 12.1 Å². The minimum Gasteiger partial charge on any atom is -0.496 e. The fraction of sp³-hybridized carbons (Fsp3) is 0.350. The zero-order valence-corrected chi connectivity index (χ0v) is 15.2. The number of rotatable bonds is 4. The number of para-hydroxylation sites is 1. The Morgan fingerprint density at radius 3 is 2.78 bits per heavy atom. The number of nitrogens with zero attached hydrogens (tertiary/aromatic N) is 2. The second-order valence-corrected chi connectivity index (χ2v) is 6.70. The quantitative estimate of drug-likeness (QED) is 0.807. The van der Waals surface area contributed by atoms with Crippen LogP contribution in [0.1, 0.15) is 27.7 Å². The topological polar surface area (TPSA) is 74.3 Å². The minimum absolute atomic E-state index is 0.417. The van der Waals surface area contributed by atoms with E-state index in [1.54, 1.807) is 19.2 Å². The molecule has 2 aromatic carbocycles. The van der Waals surface area contributed by atoms with Crippen LogP contribution in [0.2, 0.25) is 0 Å². The fourth-order valence-electron chi connectivity index (χ4n) is 3.56. The number of hydrogen-bond acceptors (Lipinski definition) is 6. The van der Waals surface area contributed by atoms with Gasteiger partial charge in [0.25, 0.3) is 5.91 Å². The van der Waals surface area contributed by atoms with Crippen LogP contribution >= 0.6 is 0 Å². The Morgan fingerprint density at radius 1 is 1.22 bits per heavy atom. The Morgan fingerprint density at radius 2 is 2.00 bits per heavy atom. The van der Waals surface area contributed by atoms with Gasteiger partial charge in [0.05, 0.1) is 25.9 Å². The molecule has 1 amide bonds. The molecule has 7 nitrogen and oxygen atoms in total. The number of benzene rings is 2. The Kier molecular flexibility index (Phi) is 4.98. The summed E-state index contributed by atoms with van der Waals surface area (Å²) in [5.74, 6) is 0.372. The van der Waals surface area contributed by atoms with Gasteiger partial charge < -0.3 is 14.8 Å². The predicted molar refractivity (Wildman–Crippen MR) is 99.9 cm³/mol. The van der Waals surface area contributed by atoms with E-state index in [9.17, 15) is 10.0 Å². The summed E-state index contributed by atoms with van der Waals surface area (Å²) in [6.07, 6.45) is -0.651. The molecule has 7 heteroatoms. The van der Waals surface area contributed by atoms with E-state index in [0.717, 1.165) is 54.8 Å². The van der Waals surface area contributed by atoms with Crippen molar-refractivity contribution in [2.75, 3.05) is 38.7 Å². The molecule has 0 aromatic heterocycles. The molecule has 1 fully saturated rings. The molecule has 0 radical (unpaired) electrons. The lowest BCUT2D eigenvalue weighted by Gasteiger charge is -2.34. The van der Waals surface area contributed by atoms with Crippen LogP contribution in [0.3, 0.4) is 0 Å². The van der Waals surface area contributed by atoms with Gasteiger partial charge in [0.2, 0.25) is 0 Å². The highest BCUT2D eigenvalue weighted by molar-refractivity contribution is 6.01. The summed E-state index contributed by atoms with van der Waals surface area (Å²) in [5, 5.41) is 14.4. The van der Waals surface area contributed by atoms with Gasteiger partial charge in [-0.2, -0.15) is 5.06 Å². The number of fused-ring (bicyclic) bond motifs is 1. The first-order chi connectivity index (χ1) is 13.2. The van der Waals surface area contributed by atoms with Crippen LogP contribution in [0.4, 0.5) is 5.69 Å². The summed E-state index contributed by atoms with van der Waals surface area (Å²) in [4.78, 5) is 14.8. The number of carbonyl (C=O) groups excluding carboxylic acids is 1. The molecule has 2 aromatic rings.